The van der Waals surface area contributed by atoms with E-state index in [1.54, 1.807) is 0 Å². The lowest BCUT2D eigenvalue weighted by atomic mass is 10.0. The summed E-state index contributed by atoms with van der Waals surface area (Å²) in [5, 5.41) is 3.41. The van der Waals surface area contributed by atoms with E-state index in [1.165, 1.54) is 29.7 Å². The molecule has 0 aromatic heterocycles. The Hall–Kier alpha value is -0.860. The van der Waals surface area contributed by atoms with Gasteiger partial charge in [0.2, 0.25) is 0 Å². The molecule has 1 heterocycles. The van der Waals surface area contributed by atoms with E-state index >= 15 is 0 Å². The summed E-state index contributed by atoms with van der Waals surface area (Å²) in [4.78, 5) is 2.55. The second kappa shape index (κ2) is 6.35. The van der Waals surface area contributed by atoms with Crippen LogP contribution in [0.1, 0.15) is 43.9 Å². The second-order valence-electron chi connectivity index (χ2n) is 5.55. The van der Waals surface area contributed by atoms with Gasteiger partial charge >= 0.3 is 0 Å². The zero-order valence-electron chi connectivity index (χ0n) is 12.0. The zero-order chi connectivity index (χ0) is 13.0. The van der Waals surface area contributed by atoms with Gasteiger partial charge in [0.05, 0.1) is 0 Å². The van der Waals surface area contributed by atoms with Gasteiger partial charge in [0.15, 0.2) is 0 Å². The molecule has 100 valence electrons. The Kier molecular flexibility index (Phi) is 4.79. The van der Waals surface area contributed by atoms with Crippen LogP contribution < -0.4 is 5.32 Å². The summed E-state index contributed by atoms with van der Waals surface area (Å²) in [7, 11) is 0. The fraction of sp³-hybridized carbons (Fsp3) is 0.625. The predicted octanol–water partition coefficient (Wildman–Crippen LogP) is 3.16. The highest BCUT2D eigenvalue weighted by molar-refractivity contribution is 5.34. The van der Waals surface area contributed by atoms with Gasteiger partial charge in [0.1, 0.15) is 0 Å². The van der Waals surface area contributed by atoms with Gasteiger partial charge < -0.3 is 5.32 Å². The van der Waals surface area contributed by atoms with Gasteiger partial charge in [-0.1, -0.05) is 45.4 Å². The Morgan fingerprint density at radius 3 is 2.72 bits per heavy atom. The molecule has 1 aliphatic rings. The minimum absolute atomic E-state index is 0.793. The third-order valence-corrected chi connectivity index (χ3v) is 4.02. The first-order valence-electron chi connectivity index (χ1n) is 7.26. The van der Waals surface area contributed by atoms with Crippen LogP contribution in [0.2, 0.25) is 0 Å². The number of hydrogen-bond acceptors (Lipinski definition) is 2. The lowest BCUT2D eigenvalue weighted by Crippen LogP contribution is -2.27. The molecule has 1 atom stereocenters. The quantitative estimate of drug-likeness (QED) is 0.829. The van der Waals surface area contributed by atoms with Crippen molar-refractivity contribution in [3.63, 3.8) is 0 Å². The summed E-state index contributed by atoms with van der Waals surface area (Å²) < 4.78 is 0. The average molecular weight is 246 g/mol. The molecular weight excluding hydrogens is 220 g/mol. The molecule has 0 bridgehead atoms. The molecule has 0 amide bonds. The Morgan fingerprint density at radius 2 is 2.00 bits per heavy atom. The summed E-state index contributed by atoms with van der Waals surface area (Å²) in [5.41, 5.74) is 4.43. The van der Waals surface area contributed by atoms with E-state index < -0.39 is 0 Å². The van der Waals surface area contributed by atoms with Crippen molar-refractivity contribution in [2.24, 2.45) is 5.92 Å². The minimum Gasteiger partial charge on any atom is -0.309 e. The lowest BCUT2D eigenvalue weighted by molar-refractivity contribution is 0.238. The standard InChI is InChI=1S/C16H26N2/c1-4-13(3)11-18(5-2)12-14-6-7-15-9-17-10-16(15)8-14/h6-8,13,17H,4-5,9-12H2,1-3H3. The van der Waals surface area contributed by atoms with Crippen LogP contribution in [0.4, 0.5) is 0 Å². The normalized spacial score (nSPS) is 16.0. The Labute approximate surface area is 111 Å². The van der Waals surface area contributed by atoms with Gasteiger partial charge in [-0.25, -0.2) is 0 Å². The first kappa shape index (κ1) is 13.6. The summed E-state index contributed by atoms with van der Waals surface area (Å²) in [6.07, 6.45) is 1.27. The van der Waals surface area contributed by atoms with Crippen molar-refractivity contribution < 1.29 is 0 Å². The highest BCUT2D eigenvalue weighted by Gasteiger charge is 2.12. The predicted molar refractivity (Wildman–Crippen MR) is 77.4 cm³/mol. The topological polar surface area (TPSA) is 15.3 Å². The van der Waals surface area contributed by atoms with E-state index in [-0.39, 0.29) is 0 Å². The second-order valence-corrected chi connectivity index (χ2v) is 5.55. The molecular formula is C16H26N2. The van der Waals surface area contributed by atoms with Crippen LogP contribution >= 0.6 is 0 Å². The monoisotopic (exact) mass is 246 g/mol. The first-order chi connectivity index (χ1) is 8.72. The minimum atomic E-state index is 0.793. The Morgan fingerprint density at radius 1 is 1.22 bits per heavy atom. The summed E-state index contributed by atoms with van der Waals surface area (Å²) in [6, 6.07) is 6.97. The van der Waals surface area contributed by atoms with E-state index in [4.69, 9.17) is 0 Å². The SMILES string of the molecule is CCC(C)CN(CC)Cc1ccc2c(c1)CNC2. The molecule has 18 heavy (non-hydrogen) atoms. The van der Waals surface area contributed by atoms with E-state index in [1.807, 2.05) is 0 Å². The highest BCUT2D eigenvalue weighted by atomic mass is 15.1. The van der Waals surface area contributed by atoms with Crippen molar-refractivity contribution in [3.05, 3.63) is 34.9 Å². The number of nitrogens with one attached hydrogen (secondary N) is 1. The van der Waals surface area contributed by atoms with Crippen molar-refractivity contribution in [1.29, 1.82) is 0 Å². The molecule has 1 aliphatic heterocycles. The fourth-order valence-electron chi connectivity index (χ4n) is 2.58. The molecule has 2 rings (SSSR count). The van der Waals surface area contributed by atoms with Crippen molar-refractivity contribution in [2.45, 2.75) is 46.8 Å². The van der Waals surface area contributed by atoms with Crippen LogP contribution in [0.15, 0.2) is 18.2 Å². The number of hydrogen-bond donors (Lipinski definition) is 1. The molecule has 0 saturated carbocycles. The van der Waals surface area contributed by atoms with E-state index in [9.17, 15) is 0 Å². The fourth-order valence-corrected chi connectivity index (χ4v) is 2.58. The van der Waals surface area contributed by atoms with E-state index in [0.717, 1.165) is 32.1 Å². The van der Waals surface area contributed by atoms with Gasteiger partial charge in [0.25, 0.3) is 0 Å². The van der Waals surface area contributed by atoms with E-state index in [2.05, 4.69) is 49.2 Å². The van der Waals surface area contributed by atoms with Crippen molar-refractivity contribution in [1.82, 2.24) is 10.2 Å². The zero-order valence-corrected chi connectivity index (χ0v) is 12.0. The molecule has 1 unspecified atom stereocenters. The lowest BCUT2D eigenvalue weighted by Gasteiger charge is -2.24. The molecule has 0 saturated heterocycles. The number of nitrogens with zero attached hydrogens (tertiary/aromatic N) is 1. The van der Waals surface area contributed by atoms with Crippen molar-refractivity contribution in [2.75, 3.05) is 13.1 Å². The van der Waals surface area contributed by atoms with Crippen LogP contribution in [0.3, 0.4) is 0 Å². The molecule has 1 aromatic rings. The third kappa shape index (κ3) is 3.33. The summed E-state index contributed by atoms with van der Waals surface area (Å²) in [6.45, 7) is 12.4. The smallest absolute Gasteiger partial charge is 0.0233 e. The Balaban J connectivity index is 1.98. The number of fused-ring (bicyclic) bond motifs is 1. The number of rotatable bonds is 6. The maximum absolute atomic E-state index is 3.41. The van der Waals surface area contributed by atoms with Crippen LogP contribution in [-0.4, -0.2) is 18.0 Å². The Bertz CT molecular complexity index is 387. The van der Waals surface area contributed by atoms with Crippen molar-refractivity contribution >= 4 is 0 Å². The third-order valence-electron chi connectivity index (χ3n) is 4.02. The number of benzene rings is 1. The molecule has 0 aliphatic carbocycles. The van der Waals surface area contributed by atoms with Crippen LogP contribution in [0.5, 0.6) is 0 Å². The molecule has 0 radical (unpaired) electrons. The molecule has 2 nitrogen and oxygen atoms in total. The molecule has 1 N–H and O–H groups in total. The molecule has 0 fully saturated rings. The van der Waals surface area contributed by atoms with Crippen molar-refractivity contribution in [3.8, 4) is 0 Å². The summed E-state index contributed by atoms with van der Waals surface area (Å²) in [5.74, 6) is 0.793. The van der Waals surface area contributed by atoms with E-state index in [0.29, 0.717) is 0 Å². The maximum atomic E-state index is 3.41. The van der Waals surface area contributed by atoms with Crippen LogP contribution in [0.25, 0.3) is 0 Å². The highest BCUT2D eigenvalue weighted by Crippen LogP contribution is 2.18. The average Bonchev–Trinajstić information content (AvgIpc) is 2.85. The van der Waals surface area contributed by atoms with Crippen LogP contribution in [0, 0.1) is 5.92 Å². The van der Waals surface area contributed by atoms with Gasteiger partial charge in [-0.3, -0.25) is 4.90 Å². The molecule has 1 aromatic carbocycles. The maximum Gasteiger partial charge on any atom is 0.0233 e. The largest absolute Gasteiger partial charge is 0.309 e. The van der Waals surface area contributed by atoms with Crippen LogP contribution in [-0.2, 0) is 19.6 Å². The molecule has 0 spiro atoms. The van der Waals surface area contributed by atoms with Gasteiger partial charge in [-0.2, -0.15) is 0 Å². The van der Waals surface area contributed by atoms with Gasteiger partial charge in [-0.15, -0.1) is 0 Å². The summed E-state index contributed by atoms with van der Waals surface area (Å²) >= 11 is 0. The molecule has 2 heteroatoms. The van der Waals surface area contributed by atoms with Gasteiger partial charge in [0, 0.05) is 26.2 Å². The van der Waals surface area contributed by atoms with Gasteiger partial charge in [-0.05, 0) is 29.2 Å². The first-order valence-corrected chi connectivity index (χ1v) is 7.26.